The third-order valence-corrected chi connectivity index (χ3v) is 4.07. The second kappa shape index (κ2) is 9.39. The highest BCUT2D eigenvalue weighted by Gasteiger charge is 2.22. The number of carbonyl (C=O) groups excluding carboxylic acids is 3. The lowest BCUT2D eigenvalue weighted by atomic mass is 9.88. The van der Waals surface area contributed by atoms with Crippen LogP contribution in [0.3, 0.4) is 0 Å². The molecule has 1 aliphatic carbocycles. The maximum Gasteiger partial charge on any atom is 0.407 e. The monoisotopic (exact) mass is 376 g/mol. The van der Waals surface area contributed by atoms with Gasteiger partial charge >= 0.3 is 12.1 Å². The number of hydrogen-bond donors (Lipinski definition) is 2. The first-order chi connectivity index (χ1) is 12.7. The van der Waals surface area contributed by atoms with Gasteiger partial charge in [0.05, 0.1) is 12.5 Å². The maximum absolute atomic E-state index is 12.1. The van der Waals surface area contributed by atoms with Crippen molar-refractivity contribution in [1.29, 1.82) is 0 Å². The van der Waals surface area contributed by atoms with Crippen LogP contribution in [0, 0.1) is 0 Å². The van der Waals surface area contributed by atoms with Crippen LogP contribution in [0.2, 0.25) is 0 Å². The molecule has 0 aliphatic heterocycles. The van der Waals surface area contributed by atoms with Crippen molar-refractivity contribution in [3.8, 4) is 0 Å². The van der Waals surface area contributed by atoms with Crippen LogP contribution in [0.15, 0.2) is 24.3 Å². The number of nitrogens with one attached hydrogen (secondary N) is 2. The van der Waals surface area contributed by atoms with Crippen molar-refractivity contribution in [3.63, 3.8) is 0 Å². The summed E-state index contributed by atoms with van der Waals surface area (Å²) in [4.78, 5) is 35.3. The highest BCUT2D eigenvalue weighted by molar-refractivity contribution is 5.81. The van der Waals surface area contributed by atoms with Crippen molar-refractivity contribution in [3.05, 3.63) is 35.4 Å². The Bertz CT molecular complexity index is 681. The molecule has 2 rings (SSSR count). The van der Waals surface area contributed by atoms with E-state index >= 15 is 0 Å². The summed E-state index contributed by atoms with van der Waals surface area (Å²) < 4.78 is 10.0. The van der Waals surface area contributed by atoms with Gasteiger partial charge in [-0.15, -0.1) is 0 Å². The summed E-state index contributed by atoms with van der Waals surface area (Å²) in [6, 6.07) is 8.01. The van der Waals surface area contributed by atoms with Gasteiger partial charge in [-0.3, -0.25) is 9.59 Å². The Hall–Kier alpha value is -2.57. The Morgan fingerprint density at radius 1 is 1.19 bits per heavy atom. The highest BCUT2D eigenvalue weighted by Crippen LogP contribution is 2.29. The van der Waals surface area contributed by atoms with Gasteiger partial charge in [-0.25, -0.2) is 4.79 Å². The van der Waals surface area contributed by atoms with Crippen molar-refractivity contribution >= 4 is 18.0 Å². The molecule has 0 heterocycles. The summed E-state index contributed by atoms with van der Waals surface area (Å²) in [7, 11) is 0. The zero-order valence-corrected chi connectivity index (χ0v) is 16.2. The van der Waals surface area contributed by atoms with Crippen LogP contribution in [-0.2, 0) is 25.5 Å². The first-order valence-corrected chi connectivity index (χ1v) is 9.24. The summed E-state index contributed by atoms with van der Waals surface area (Å²) in [5, 5.41) is 5.40. The van der Waals surface area contributed by atoms with Crippen LogP contribution >= 0.6 is 0 Å². The van der Waals surface area contributed by atoms with Crippen LogP contribution < -0.4 is 10.6 Å². The first-order valence-electron chi connectivity index (χ1n) is 9.24. The number of benzene rings is 1. The molecule has 1 atom stereocenters. The Labute approximate surface area is 159 Å². The van der Waals surface area contributed by atoms with E-state index in [0.717, 1.165) is 24.8 Å². The van der Waals surface area contributed by atoms with Gasteiger partial charge in [0, 0.05) is 6.54 Å². The van der Waals surface area contributed by atoms with E-state index in [1.54, 1.807) is 20.8 Å². The average molecular weight is 376 g/mol. The average Bonchev–Trinajstić information content (AvgIpc) is 2.59. The summed E-state index contributed by atoms with van der Waals surface area (Å²) in [5.74, 6) is -0.879. The van der Waals surface area contributed by atoms with Crippen molar-refractivity contribution in [2.75, 3.05) is 13.2 Å². The summed E-state index contributed by atoms with van der Waals surface area (Å²) in [6.07, 6.45) is 2.28. The molecule has 0 aromatic heterocycles. The summed E-state index contributed by atoms with van der Waals surface area (Å²) in [5.41, 5.74) is 1.78. The van der Waals surface area contributed by atoms with E-state index in [0.29, 0.717) is 0 Å². The number of esters is 1. The van der Waals surface area contributed by atoms with Gasteiger partial charge in [0.25, 0.3) is 5.91 Å². The molecular weight excluding hydrogens is 348 g/mol. The Morgan fingerprint density at radius 3 is 2.67 bits per heavy atom. The number of carbonyl (C=O) groups is 3. The largest absolute Gasteiger partial charge is 0.456 e. The van der Waals surface area contributed by atoms with Crippen LogP contribution in [0.1, 0.15) is 57.2 Å². The molecule has 0 saturated carbocycles. The molecule has 1 aliphatic rings. The molecule has 27 heavy (non-hydrogen) atoms. The quantitative estimate of drug-likeness (QED) is 0.745. The van der Waals surface area contributed by atoms with Crippen molar-refractivity contribution in [1.82, 2.24) is 10.6 Å². The smallest absolute Gasteiger partial charge is 0.407 e. The van der Waals surface area contributed by atoms with Gasteiger partial charge in [-0.2, -0.15) is 0 Å². The molecule has 1 aromatic carbocycles. The van der Waals surface area contributed by atoms with Crippen LogP contribution in [-0.4, -0.2) is 36.7 Å². The Morgan fingerprint density at radius 2 is 1.93 bits per heavy atom. The topological polar surface area (TPSA) is 93.7 Å². The first kappa shape index (κ1) is 20.7. The molecule has 0 fully saturated rings. The van der Waals surface area contributed by atoms with E-state index in [2.05, 4.69) is 16.7 Å². The van der Waals surface area contributed by atoms with E-state index in [-0.39, 0.29) is 31.5 Å². The van der Waals surface area contributed by atoms with E-state index < -0.39 is 17.7 Å². The molecule has 0 radical (unpaired) electrons. The maximum atomic E-state index is 12.1. The fourth-order valence-corrected chi connectivity index (χ4v) is 2.94. The fraction of sp³-hybridized carbons (Fsp3) is 0.550. The van der Waals surface area contributed by atoms with Gasteiger partial charge in [0.2, 0.25) is 0 Å². The highest BCUT2D eigenvalue weighted by atomic mass is 16.6. The number of rotatable bonds is 6. The number of fused-ring (bicyclic) bond motifs is 1. The molecule has 148 valence electrons. The Kier molecular flexibility index (Phi) is 7.21. The molecule has 0 spiro atoms. The van der Waals surface area contributed by atoms with E-state index in [1.807, 2.05) is 18.2 Å². The number of hydrogen-bond acceptors (Lipinski definition) is 5. The summed E-state index contributed by atoms with van der Waals surface area (Å²) in [6.45, 7) is 5.02. The number of alkyl carbamates (subject to hydrolysis) is 1. The lowest BCUT2D eigenvalue weighted by Crippen LogP contribution is -2.35. The predicted octanol–water partition coefficient (Wildman–Crippen LogP) is 2.64. The SMILES string of the molecule is CC(C)(C)OC(=O)NCCC(=O)OCC(=O)N[C@H]1CCCc2ccccc21. The number of ether oxygens (including phenoxy) is 2. The van der Waals surface area contributed by atoms with Crippen molar-refractivity contribution < 1.29 is 23.9 Å². The van der Waals surface area contributed by atoms with E-state index in [9.17, 15) is 14.4 Å². The molecule has 2 N–H and O–H groups in total. The molecule has 1 aromatic rings. The molecule has 7 heteroatoms. The van der Waals surface area contributed by atoms with E-state index in [4.69, 9.17) is 9.47 Å². The zero-order valence-electron chi connectivity index (χ0n) is 16.2. The van der Waals surface area contributed by atoms with Crippen LogP contribution in [0.25, 0.3) is 0 Å². The molecule has 2 amide bonds. The van der Waals surface area contributed by atoms with E-state index in [1.165, 1.54) is 5.56 Å². The lowest BCUT2D eigenvalue weighted by Gasteiger charge is -2.26. The number of amides is 2. The fourth-order valence-electron chi connectivity index (χ4n) is 2.94. The Balaban J connectivity index is 1.67. The minimum Gasteiger partial charge on any atom is -0.456 e. The third kappa shape index (κ3) is 7.29. The van der Waals surface area contributed by atoms with Gasteiger partial charge in [-0.05, 0) is 51.2 Å². The molecular formula is C20H28N2O5. The van der Waals surface area contributed by atoms with Gasteiger partial charge in [0.1, 0.15) is 5.60 Å². The minimum absolute atomic E-state index is 0.0290. The number of aryl methyl sites for hydroxylation is 1. The van der Waals surface area contributed by atoms with Crippen LogP contribution in [0.5, 0.6) is 0 Å². The van der Waals surface area contributed by atoms with Crippen molar-refractivity contribution in [2.45, 2.75) is 58.1 Å². The van der Waals surface area contributed by atoms with Crippen LogP contribution in [0.4, 0.5) is 4.79 Å². The second-order valence-electron chi connectivity index (χ2n) is 7.55. The second-order valence-corrected chi connectivity index (χ2v) is 7.55. The zero-order chi connectivity index (χ0) is 19.9. The summed E-state index contributed by atoms with van der Waals surface area (Å²) >= 11 is 0. The molecule has 0 unspecified atom stereocenters. The standard InChI is InChI=1S/C20H28N2O5/c1-20(2,3)27-19(25)21-12-11-18(24)26-13-17(23)22-16-10-6-8-14-7-4-5-9-15(14)16/h4-5,7,9,16H,6,8,10-13H2,1-3H3,(H,21,25)(H,22,23)/t16-/m0/s1. The van der Waals surface area contributed by atoms with Gasteiger partial charge in [-0.1, -0.05) is 24.3 Å². The lowest BCUT2D eigenvalue weighted by molar-refractivity contribution is -0.148. The molecule has 7 nitrogen and oxygen atoms in total. The van der Waals surface area contributed by atoms with Crippen molar-refractivity contribution in [2.24, 2.45) is 0 Å². The minimum atomic E-state index is -0.597. The molecule has 0 saturated heterocycles. The van der Waals surface area contributed by atoms with Gasteiger partial charge in [0.15, 0.2) is 6.61 Å². The molecule has 0 bridgehead atoms. The normalized spacial score (nSPS) is 16.0. The predicted molar refractivity (Wildman–Crippen MR) is 100 cm³/mol. The third-order valence-electron chi connectivity index (χ3n) is 4.07. The van der Waals surface area contributed by atoms with Gasteiger partial charge < -0.3 is 20.1 Å².